The normalized spacial score (nSPS) is 16.1. The van der Waals surface area contributed by atoms with Crippen LogP contribution in [-0.2, 0) is 10.0 Å². The molecule has 1 amide bonds. The van der Waals surface area contributed by atoms with Gasteiger partial charge in [-0.15, -0.1) is 11.3 Å². The fourth-order valence-electron chi connectivity index (χ4n) is 2.47. The second-order valence-corrected chi connectivity index (χ2v) is 10.8. The van der Waals surface area contributed by atoms with Gasteiger partial charge in [-0.1, -0.05) is 34.5 Å². The molecule has 2 aromatic heterocycles. The number of halogens is 2. The predicted octanol–water partition coefficient (Wildman–Crippen LogP) is 3.01. The Balaban J connectivity index is 1.80. The van der Waals surface area contributed by atoms with Crippen molar-refractivity contribution in [2.24, 2.45) is 0 Å². The summed E-state index contributed by atoms with van der Waals surface area (Å²) in [6.45, 7) is 4.57. The first kappa shape index (κ1) is 19.8. The number of carbonyl (C=O) groups is 1. The first-order valence-corrected chi connectivity index (χ1v) is 11.5. The average molecular weight is 455 g/mol. The second-order valence-electron chi connectivity index (χ2n) is 5.82. The molecule has 0 aliphatic carbocycles. The molecule has 7 nitrogen and oxygen atoms in total. The van der Waals surface area contributed by atoms with Crippen molar-refractivity contribution in [3.63, 3.8) is 0 Å². The molecule has 3 heterocycles. The van der Waals surface area contributed by atoms with E-state index in [1.165, 1.54) is 6.07 Å². The molecule has 0 aromatic carbocycles. The zero-order valence-corrected chi connectivity index (χ0v) is 17.9. The molecule has 1 saturated heterocycles. The van der Waals surface area contributed by atoms with Gasteiger partial charge in [-0.3, -0.25) is 9.52 Å². The van der Waals surface area contributed by atoms with E-state index >= 15 is 0 Å². The summed E-state index contributed by atoms with van der Waals surface area (Å²) in [6, 6.07) is 1.29. The van der Waals surface area contributed by atoms with Crippen LogP contribution in [0.25, 0.3) is 0 Å². The summed E-state index contributed by atoms with van der Waals surface area (Å²) in [5, 5.41) is 0.123. The molecule has 3 rings (SSSR count). The number of nitrogens with zero attached hydrogens (tertiary/aromatic N) is 3. The summed E-state index contributed by atoms with van der Waals surface area (Å²) in [4.78, 5) is 21.1. The number of thiazole rings is 1. The molecule has 0 spiro atoms. The number of hydrogen-bond acceptors (Lipinski definition) is 7. The van der Waals surface area contributed by atoms with E-state index in [1.807, 2.05) is 7.05 Å². The van der Waals surface area contributed by atoms with E-state index < -0.39 is 10.0 Å². The molecule has 0 unspecified atom stereocenters. The van der Waals surface area contributed by atoms with Crippen molar-refractivity contribution < 1.29 is 13.2 Å². The van der Waals surface area contributed by atoms with E-state index in [4.69, 9.17) is 23.2 Å². The molecule has 12 heteroatoms. The maximum atomic E-state index is 12.7. The highest BCUT2D eigenvalue weighted by Gasteiger charge is 2.27. The first-order chi connectivity index (χ1) is 12.2. The summed E-state index contributed by atoms with van der Waals surface area (Å²) in [7, 11) is -1.92. The van der Waals surface area contributed by atoms with Crippen LogP contribution in [0.1, 0.15) is 15.4 Å². The Morgan fingerprint density at radius 1 is 1.23 bits per heavy atom. The van der Waals surface area contributed by atoms with Crippen molar-refractivity contribution in [3.05, 3.63) is 25.3 Å². The molecular formula is C14H16Cl2N4O3S3. The number of rotatable bonds is 4. The van der Waals surface area contributed by atoms with Crippen LogP contribution in [0.3, 0.4) is 0 Å². The third-order valence-corrected chi connectivity index (χ3v) is 8.20. The molecule has 0 bridgehead atoms. The van der Waals surface area contributed by atoms with E-state index in [0.717, 1.165) is 35.8 Å². The number of sulfonamides is 1. The van der Waals surface area contributed by atoms with Crippen molar-refractivity contribution in [1.29, 1.82) is 0 Å². The van der Waals surface area contributed by atoms with Gasteiger partial charge in [-0.2, -0.15) is 0 Å². The SMILES string of the molecule is Cc1nc(NS(=O)(=O)c2cc(Cl)sc2Cl)sc1C(=O)N1CCN(C)CC1. The number of nitrogens with one attached hydrogen (secondary N) is 1. The number of likely N-dealkylation sites (N-methyl/N-ethyl adjacent to an activating group) is 1. The monoisotopic (exact) mass is 454 g/mol. The van der Waals surface area contributed by atoms with E-state index in [-0.39, 0.29) is 24.6 Å². The molecule has 142 valence electrons. The second kappa shape index (κ2) is 7.61. The average Bonchev–Trinajstić information content (AvgIpc) is 3.09. The number of carbonyl (C=O) groups excluding carboxylic acids is 1. The molecule has 26 heavy (non-hydrogen) atoms. The molecule has 0 radical (unpaired) electrons. The fraction of sp³-hybridized carbons (Fsp3) is 0.429. The fourth-order valence-corrected chi connectivity index (χ4v) is 6.79. The Hall–Kier alpha value is -0.910. The standard InChI is InChI=1S/C14H16Cl2N4O3S3/c1-8-11(13(21)20-5-3-19(2)4-6-20)25-14(17-8)18-26(22,23)9-7-10(15)24-12(9)16/h7H,3-6H2,1-2H3,(H,17,18). The lowest BCUT2D eigenvalue weighted by Crippen LogP contribution is -2.47. The van der Waals surface area contributed by atoms with Crippen molar-refractivity contribution in [2.75, 3.05) is 37.9 Å². The number of thiophene rings is 1. The van der Waals surface area contributed by atoms with Crippen LogP contribution >= 0.6 is 45.9 Å². The van der Waals surface area contributed by atoms with Crippen LogP contribution in [-0.4, -0.2) is 62.3 Å². The Morgan fingerprint density at radius 3 is 2.46 bits per heavy atom. The van der Waals surface area contributed by atoms with Gasteiger partial charge >= 0.3 is 0 Å². The van der Waals surface area contributed by atoms with Crippen LogP contribution in [0.5, 0.6) is 0 Å². The Bertz CT molecular complexity index is 933. The van der Waals surface area contributed by atoms with E-state index in [1.54, 1.807) is 11.8 Å². The summed E-state index contributed by atoms with van der Waals surface area (Å²) in [6.07, 6.45) is 0. The van der Waals surface area contributed by atoms with Crippen molar-refractivity contribution in [3.8, 4) is 0 Å². The lowest BCUT2D eigenvalue weighted by molar-refractivity contribution is 0.0668. The Kier molecular flexibility index (Phi) is 5.80. The van der Waals surface area contributed by atoms with Crippen molar-refractivity contribution in [2.45, 2.75) is 11.8 Å². The van der Waals surface area contributed by atoms with Gasteiger partial charge in [0.05, 0.1) is 10.0 Å². The summed E-state index contributed by atoms with van der Waals surface area (Å²) < 4.78 is 27.7. The van der Waals surface area contributed by atoms with Crippen LogP contribution in [0.4, 0.5) is 5.13 Å². The zero-order chi connectivity index (χ0) is 19.1. The topological polar surface area (TPSA) is 82.6 Å². The smallest absolute Gasteiger partial charge is 0.266 e. The Morgan fingerprint density at radius 2 is 1.88 bits per heavy atom. The predicted molar refractivity (Wildman–Crippen MR) is 105 cm³/mol. The number of aryl methyl sites for hydroxylation is 1. The molecule has 0 atom stereocenters. The lowest BCUT2D eigenvalue weighted by atomic mass is 10.3. The van der Waals surface area contributed by atoms with Crippen LogP contribution < -0.4 is 4.72 Å². The minimum Gasteiger partial charge on any atom is -0.335 e. The quantitative estimate of drug-likeness (QED) is 0.767. The largest absolute Gasteiger partial charge is 0.335 e. The highest BCUT2D eigenvalue weighted by Crippen LogP contribution is 2.36. The number of hydrogen-bond donors (Lipinski definition) is 1. The molecule has 1 N–H and O–H groups in total. The Labute approximate surface area is 169 Å². The van der Waals surface area contributed by atoms with E-state index in [9.17, 15) is 13.2 Å². The van der Waals surface area contributed by atoms with Gasteiger partial charge < -0.3 is 9.80 Å². The zero-order valence-electron chi connectivity index (χ0n) is 14.0. The van der Waals surface area contributed by atoms with E-state index in [2.05, 4.69) is 14.6 Å². The molecule has 2 aromatic rings. The van der Waals surface area contributed by atoms with E-state index in [0.29, 0.717) is 23.7 Å². The van der Waals surface area contributed by atoms with Gasteiger partial charge in [0.1, 0.15) is 14.1 Å². The summed E-state index contributed by atoms with van der Waals surface area (Å²) >= 11 is 13.7. The van der Waals surface area contributed by atoms with Gasteiger partial charge in [0.15, 0.2) is 5.13 Å². The summed E-state index contributed by atoms with van der Waals surface area (Å²) in [5.41, 5.74) is 0.492. The number of piperazine rings is 1. The molecule has 0 saturated carbocycles. The maximum Gasteiger partial charge on any atom is 0.266 e. The van der Waals surface area contributed by atoms with Gasteiger partial charge in [-0.25, -0.2) is 13.4 Å². The van der Waals surface area contributed by atoms with Crippen molar-refractivity contribution in [1.82, 2.24) is 14.8 Å². The minimum atomic E-state index is -3.92. The van der Waals surface area contributed by atoms with Crippen LogP contribution in [0.15, 0.2) is 11.0 Å². The van der Waals surface area contributed by atoms with Gasteiger partial charge in [0.2, 0.25) is 0 Å². The molecule has 1 fully saturated rings. The maximum absolute atomic E-state index is 12.7. The molecule has 1 aliphatic rings. The number of amides is 1. The first-order valence-electron chi connectivity index (χ1n) is 7.60. The minimum absolute atomic E-state index is 0.0736. The van der Waals surface area contributed by atoms with Gasteiger partial charge in [-0.05, 0) is 20.0 Å². The molecular weight excluding hydrogens is 439 g/mol. The van der Waals surface area contributed by atoms with Gasteiger partial charge in [0, 0.05) is 26.2 Å². The highest BCUT2D eigenvalue weighted by molar-refractivity contribution is 7.93. The van der Waals surface area contributed by atoms with Crippen molar-refractivity contribution >= 4 is 66.9 Å². The van der Waals surface area contributed by atoms with Gasteiger partial charge in [0.25, 0.3) is 15.9 Å². The summed E-state index contributed by atoms with van der Waals surface area (Å²) in [5.74, 6) is -0.129. The number of aromatic nitrogens is 1. The van der Waals surface area contributed by atoms with Crippen LogP contribution in [0.2, 0.25) is 8.67 Å². The van der Waals surface area contributed by atoms with Crippen LogP contribution in [0, 0.1) is 6.92 Å². The third kappa shape index (κ3) is 4.15. The third-order valence-electron chi connectivity index (χ3n) is 3.92. The highest BCUT2D eigenvalue weighted by atomic mass is 35.5. The lowest BCUT2D eigenvalue weighted by Gasteiger charge is -2.32. The molecule has 1 aliphatic heterocycles. The number of anilines is 1.